The second-order valence-electron chi connectivity index (χ2n) is 6.49. The summed E-state index contributed by atoms with van der Waals surface area (Å²) in [7, 11) is 1.10. The van der Waals surface area contributed by atoms with Gasteiger partial charge in [-0.2, -0.15) is 5.26 Å². The van der Waals surface area contributed by atoms with Gasteiger partial charge < -0.3 is 9.47 Å². The highest BCUT2D eigenvalue weighted by atomic mass is 35.5. The van der Waals surface area contributed by atoms with Crippen molar-refractivity contribution in [2.75, 3.05) is 7.11 Å². The van der Waals surface area contributed by atoms with Gasteiger partial charge >= 0.3 is 11.9 Å². The Morgan fingerprint density at radius 1 is 1.35 bits per heavy atom. The van der Waals surface area contributed by atoms with Gasteiger partial charge in [0.05, 0.1) is 24.0 Å². The molecule has 9 heteroatoms. The average Bonchev–Trinajstić information content (AvgIpc) is 2.53. The van der Waals surface area contributed by atoms with E-state index in [0.29, 0.717) is 0 Å². The van der Waals surface area contributed by atoms with Crippen LogP contribution in [0.5, 0.6) is 0 Å². The summed E-state index contributed by atoms with van der Waals surface area (Å²) in [6.45, 7) is 4.88. The first-order chi connectivity index (χ1) is 12.0. The molecule has 8 nitrogen and oxygen atoms in total. The fourth-order valence-corrected chi connectivity index (χ4v) is 2.44. The number of rotatable bonds is 6. The zero-order chi connectivity index (χ0) is 20.1. The van der Waals surface area contributed by atoms with Crippen LogP contribution < -0.4 is 0 Å². The molecule has 26 heavy (non-hydrogen) atoms. The molecule has 0 N–H and O–H groups in total. The molecule has 140 valence electrons. The molecular formula is C17H19ClN2O6. The summed E-state index contributed by atoms with van der Waals surface area (Å²) in [6, 6.07) is 5.66. The zero-order valence-corrected chi connectivity index (χ0v) is 15.6. The van der Waals surface area contributed by atoms with E-state index in [1.165, 1.54) is 18.2 Å². The lowest BCUT2D eigenvalue weighted by atomic mass is 9.88. The third-order valence-electron chi connectivity index (χ3n) is 3.37. The fraction of sp³-hybridized carbons (Fsp3) is 0.471. The highest BCUT2D eigenvalue weighted by Gasteiger charge is 2.36. The number of ether oxygens (including phenoxy) is 2. The quantitative estimate of drug-likeness (QED) is 0.320. The highest BCUT2D eigenvalue weighted by molar-refractivity contribution is 6.30. The van der Waals surface area contributed by atoms with Gasteiger partial charge in [0, 0.05) is 16.7 Å². The Morgan fingerprint density at radius 2 is 1.96 bits per heavy atom. The van der Waals surface area contributed by atoms with E-state index in [9.17, 15) is 25.0 Å². The van der Waals surface area contributed by atoms with E-state index in [4.69, 9.17) is 16.3 Å². The number of nitro groups is 1. The SMILES string of the molecule is COC(=O)C(CC(C#N)c1cc(Cl)ccc1[N+](=O)[O-])C(=O)OC(C)(C)C. The molecule has 0 aliphatic carbocycles. The van der Waals surface area contributed by atoms with Crippen molar-refractivity contribution < 1.29 is 24.0 Å². The molecule has 0 saturated heterocycles. The van der Waals surface area contributed by atoms with Crippen molar-refractivity contribution in [1.82, 2.24) is 0 Å². The molecule has 0 bridgehead atoms. The van der Waals surface area contributed by atoms with E-state index in [1.807, 2.05) is 6.07 Å². The van der Waals surface area contributed by atoms with Gasteiger partial charge in [0.15, 0.2) is 5.92 Å². The van der Waals surface area contributed by atoms with E-state index in [1.54, 1.807) is 20.8 Å². The lowest BCUT2D eigenvalue weighted by Gasteiger charge is -2.23. The Hall–Kier alpha value is -2.66. The maximum absolute atomic E-state index is 12.3. The molecule has 0 radical (unpaired) electrons. The summed E-state index contributed by atoms with van der Waals surface area (Å²) in [5.74, 6) is -4.29. The first-order valence-electron chi connectivity index (χ1n) is 7.64. The summed E-state index contributed by atoms with van der Waals surface area (Å²) in [5, 5.41) is 20.9. The van der Waals surface area contributed by atoms with Crippen molar-refractivity contribution in [1.29, 1.82) is 5.26 Å². The first-order valence-corrected chi connectivity index (χ1v) is 8.02. The molecule has 1 rings (SSSR count). The summed E-state index contributed by atoms with van der Waals surface area (Å²) in [6.07, 6.45) is -0.334. The number of benzene rings is 1. The van der Waals surface area contributed by atoms with Crippen LogP contribution in [0.4, 0.5) is 5.69 Å². The molecule has 0 aliphatic heterocycles. The number of halogens is 1. The van der Waals surface area contributed by atoms with Crippen molar-refractivity contribution >= 4 is 29.2 Å². The van der Waals surface area contributed by atoms with Crippen LogP contribution in [0.15, 0.2) is 18.2 Å². The van der Waals surface area contributed by atoms with E-state index in [0.717, 1.165) is 7.11 Å². The van der Waals surface area contributed by atoms with Gasteiger partial charge in [-0.3, -0.25) is 19.7 Å². The largest absolute Gasteiger partial charge is 0.468 e. The number of carbonyl (C=O) groups is 2. The summed E-state index contributed by atoms with van der Waals surface area (Å²) in [4.78, 5) is 34.9. The third kappa shape index (κ3) is 5.70. The van der Waals surface area contributed by atoms with Crippen LogP contribution in [0, 0.1) is 27.4 Å². The molecule has 2 unspecified atom stereocenters. The number of nitriles is 1. The van der Waals surface area contributed by atoms with Crippen LogP contribution in [0.2, 0.25) is 5.02 Å². The predicted octanol–water partition coefficient (Wildman–Crippen LogP) is 3.38. The highest BCUT2D eigenvalue weighted by Crippen LogP contribution is 2.34. The molecule has 0 aliphatic rings. The van der Waals surface area contributed by atoms with Crippen molar-refractivity contribution in [2.45, 2.75) is 38.7 Å². The number of carbonyl (C=O) groups excluding carboxylic acids is 2. The first kappa shape index (κ1) is 21.4. The fourth-order valence-electron chi connectivity index (χ4n) is 2.26. The van der Waals surface area contributed by atoms with E-state index in [2.05, 4.69) is 4.74 Å². The van der Waals surface area contributed by atoms with Crippen LogP contribution >= 0.6 is 11.6 Å². The normalized spacial score (nSPS) is 13.2. The lowest BCUT2D eigenvalue weighted by Crippen LogP contribution is -2.34. The summed E-state index contributed by atoms with van der Waals surface area (Å²) < 4.78 is 9.82. The Balaban J connectivity index is 3.26. The van der Waals surface area contributed by atoms with Crippen LogP contribution in [-0.2, 0) is 19.1 Å². The number of nitro benzene ring substituents is 1. The molecule has 0 amide bonds. The molecule has 0 aromatic heterocycles. The number of hydrogen-bond acceptors (Lipinski definition) is 7. The molecule has 0 fully saturated rings. The smallest absolute Gasteiger partial charge is 0.320 e. The van der Waals surface area contributed by atoms with Gasteiger partial charge in [0.1, 0.15) is 5.60 Å². The maximum atomic E-state index is 12.3. The van der Waals surface area contributed by atoms with E-state index >= 15 is 0 Å². The van der Waals surface area contributed by atoms with Crippen molar-refractivity contribution in [3.05, 3.63) is 38.9 Å². The van der Waals surface area contributed by atoms with Gasteiger partial charge in [0.25, 0.3) is 5.69 Å². The van der Waals surface area contributed by atoms with Crippen molar-refractivity contribution in [3.8, 4) is 6.07 Å². The zero-order valence-electron chi connectivity index (χ0n) is 14.8. The number of nitrogens with zero attached hydrogens (tertiary/aromatic N) is 2. The van der Waals surface area contributed by atoms with Crippen molar-refractivity contribution in [2.24, 2.45) is 5.92 Å². The molecule has 0 spiro atoms. The Kier molecular flexibility index (Phi) is 7.10. The molecule has 1 aromatic rings. The Bertz CT molecular complexity index is 751. The maximum Gasteiger partial charge on any atom is 0.320 e. The third-order valence-corrected chi connectivity index (χ3v) is 3.60. The van der Waals surface area contributed by atoms with Crippen LogP contribution in [-0.4, -0.2) is 29.6 Å². The minimum Gasteiger partial charge on any atom is -0.468 e. The van der Waals surface area contributed by atoms with Gasteiger partial charge in [-0.05, 0) is 39.3 Å². The Labute approximate surface area is 155 Å². The average molecular weight is 383 g/mol. The monoisotopic (exact) mass is 382 g/mol. The van der Waals surface area contributed by atoms with Gasteiger partial charge in [-0.15, -0.1) is 0 Å². The van der Waals surface area contributed by atoms with Crippen LogP contribution in [0.1, 0.15) is 38.7 Å². The minimum absolute atomic E-state index is 0.0162. The standard InChI is InChI=1S/C17H19ClN2O6/c1-17(2,3)26-16(22)13(15(21)25-4)7-10(9-19)12-8-11(18)5-6-14(12)20(23)24/h5-6,8,10,13H,7H2,1-4H3. The van der Waals surface area contributed by atoms with Gasteiger partial charge in [0.2, 0.25) is 0 Å². The second kappa shape index (κ2) is 8.63. The number of esters is 2. The van der Waals surface area contributed by atoms with Gasteiger partial charge in [-0.1, -0.05) is 11.6 Å². The second-order valence-corrected chi connectivity index (χ2v) is 6.92. The molecule has 0 saturated carbocycles. The van der Waals surface area contributed by atoms with Crippen LogP contribution in [0.3, 0.4) is 0 Å². The predicted molar refractivity (Wildman–Crippen MR) is 92.4 cm³/mol. The Morgan fingerprint density at radius 3 is 2.42 bits per heavy atom. The molecule has 1 aromatic carbocycles. The number of hydrogen-bond donors (Lipinski definition) is 0. The van der Waals surface area contributed by atoms with E-state index in [-0.39, 0.29) is 22.7 Å². The molecule has 2 atom stereocenters. The summed E-state index contributed by atoms with van der Waals surface area (Å²) >= 11 is 5.88. The topological polar surface area (TPSA) is 120 Å². The van der Waals surface area contributed by atoms with Crippen molar-refractivity contribution in [3.63, 3.8) is 0 Å². The number of methoxy groups -OCH3 is 1. The van der Waals surface area contributed by atoms with Gasteiger partial charge in [-0.25, -0.2) is 0 Å². The minimum atomic E-state index is -1.40. The molecular weight excluding hydrogens is 364 g/mol. The lowest BCUT2D eigenvalue weighted by molar-refractivity contribution is -0.385. The van der Waals surface area contributed by atoms with E-state index < -0.39 is 34.3 Å². The summed E-state index contributed by atoms with van der Waals surface area (Å²) in [5.41, 5.74) is -1.16. The van der Waals surface area contributed by atoms with Crippen LogP contribution in [0.25, 0.3) is 0 Å². The molecule has 0 heterocycles.